The smallest absolute Gasteiger partial charge is 0.248 e. The molecule has 1 aromatic rings. The lowest BCUT2D eigenvalue weighted by molar-refractivity contribution is -0.0387. The van der Waals surface area contributed by atoms with Crippen molar-refractivity contribution in [2.24, 2.45) is 0 Å². The Morgan fingerprint density at radius 3 is 2.00 bits per heavy atom. The van der Waals surface area contributed by atoms with Crippen LogP contribution in [0.4, 0.5) is 20.7 Å². The van der Waals surface area contributed by atoms with Gasteiger partial charge in [0.1, 0.15) is 5.82 Å². The number of nitrogen functional groups attached to an aromatic ring is 2. The van der Waals surface area contributed by atoms with Crippen molar-refractivity contribution in [3.8, 4) is 0 Å². The summed E-state index contributed by atoms with van der Waals surface area (Å²) in [6, 6.07) is 0. The second kappa shape index (κ2) is 3.80. The molecule has 0 atom stereocenters. The lowest BCUT2D eigenvalue weighted by Crippen LogP contribution is -2.25. The van der Waals surface area contributed by atoms with Gasteiger partial charge in [0.15, 0.2) is 0 Å². The van der Waals surface area contributed by atoms with Gasteiger partial charge in [-0.25, -0.2) is 8.78 Å². The molecular formula is C9H13F2N5. The van der Waals surface area contributed by atoms with Crippen LogP contribution in [0.3, 0.4) is 0 Å². The first kappa shape index (κ1) is 11.0. The highest BCUT2D eigenvalue weighted by atomic mass is 19.3. The molecule has 0 aromatic carbocycles. The third-order valence-electron chi connectivity index (χ3n) is 2.77. The van der Waals surface area contributed by atoms with Crippen LogP contribution in [0, 0.1) is 0 Å². The number of hydrogen-bond acceptors (Lipinski definition) is 5. The summed E-state index contributed by atoms with van der Waals surface area (Å²) < 4.78 is 25.9. The van der Waals surface area contributed by atoms with E-state index in [-0.39, 0.29) is 30.7 Å². The van der Waals surface area contributed by atoms with E-state index < -0.39 is 5.92 Å². The fourth-order valence-corrected chi connectivity index (χ4v) is 1.91. The van der Waals surface area contributed by atoms with Crippen molar-refractivity contribution < 1.29 is 8.78 Å². The van der Waals surface area contributed by atoms with E-state index in [4.69, 9.17) is 11.5 Å². The zero-order chi connectivity index (χ0) is 11.8. The molecule has 5 nitrogen and oxygen atoms in total. The van der Waals surface area contributed by atoms with E-state index in [0.29, 0.717) is 18.7 Å². The van der Waals surface area contributed by atoms with Gasteiger partial charge in [0.25, 0.3) is 0 Å². The van der Waals surface area contributed by atoms with Gasteiger partial charge in [-0.3, -0.25) is 0 Å². The lowest BCUT2D eigenvalue weighted by Gasteiger charge is -2.27. The fraction of sp³-hybridized carbons (Fsp3) is 0.667. The molecule has 0 bridgehead atoms. The van der Waals surface area contributed by atoms with E-state index in [1.54, 1.807) is 0 Å². The first-order valence-electron chi connectivity index (χ1n) is 5.11. The Morgan fingerprint density at radius 2 is 1.50 bits per heavy atom. The van der Waals surface area contributed by atoms with Gasteiger partial charge < -0.3 is 11.5 Å². The molecule has 1 fully saturated rings. The normalized spacial score (nSPS) is 20.9. The predicted octanol–water partition coefficient (Wildman–Crippen LogP) is 1.33. The average Bonchev–Trinajstić information content (AvgIpc) is 2.15. The molecule has 88 valence electrons. The standard InChI is InChI=1S/C9H13F2N5/c10-9(11)3-1-5(2-4-9)6-14-7(12)16-8(13)15-6/h5H,1-4H2,(H4,12,13,14,15,16). The van der Waals surface area contributed by atoms with Gasteiger partial charge in [0.2, 0.25) is 17.8 Å². The molecule has 1 aliphatic carbocycles. The summed E-state index contributed by atoms with van der Waals surface area (Å²) in [4.78, 5) is 11.5. The predicted molar refractivity (Wildman–Crippen MR) is 54.8 cm³/mol. The van der Waals surface area contributed by atoms with E-state index in [2.05, 4.69) is 15.0 Å². The number of nitrogens with zero attached hydrogens (tertiary/aromatic N) is 3. The summed E-state index contributed by atoms with van der Waals surface area (Å²) in [6.07, 6.45) is 0.443. The van der Waals surface area contributed by atoms with Gasteiger partial charge >= 0.3 is 0 Å². The van der Waals surface area contributed by atoms with Crippen molar-refractivity contribution in [2.75, 3.05) is 11.5 Å². The number of anilines is 2. The monoisotopic (exact) mass is 229 g/mol. The number of aromatic nitrogens is 3. The largest absolute Gasteiger partial charge is 0.368 e. The molecule has 1 aromatic heterocycles. The van der Waals surface area contributed by atoms with Crippen molar-refractivity contribution in [2.45, 2.75) is 37.5 Å². The molecule has 1 saturated carbocycles. The number of hydrogen-bond donors (Lipinski definition) is 2. The minimum Gasteiger partial charge on any atom is -0.368 e. The highest BCUT2D eigenvalue weighted by Crippen LogP contribution is 2.39. The van der Waals surface area contributed by atoms with Gasteiger partial charge in [0.05, 0.1) is 0 Å². The van der Waals surface area contributed by atoms with Crippen molar-refractivity contribution in [1.29, 1.82) is 0 Å². The zero-order valence-corrected chi connectivity index (χ0v) is 8.66. The Balaban J connectivity index is 2.14. The van der Waals surface area contributed by atoms with Crippen LogP contribution in [0.5, 0.6) is 0 Å². The Labute approximate surface area is 91.3 Å². The molecule has 0 saturated heterocycles. The number of nitrogens with two attached hydrogens (primary N) is 2. The molecule has 4 N–H and O–H groups in total. The first-order chi connectivity index (χ1) is 7.46. The second-order valence-electron chi connectivity index (χ2n) is 4.04. The third kappa shape index (κ3) is 2.34. The summed E-state index contributed by atoms with van der Waals surface area (Å²) >= 11 is 0. The summed E-state index contributed by atoms with van der Waals surface area (Å²) in [5, 5.41) is 0. The van der Waals surface area contributed by atoms with Crippen LogP contribution in [-0.4, -0.2) is 20.9 Å². The summed E-state index contributed by atoms with van der Waals surface area (Å²) in [7, 11) is 0. The first-order valence-corrected chi connectivity index (χ1v) is 5.11. The minimum atomic E-state index is -2.55. The molecule has 0 spiro atoms. The Morgan fingerprint density at radius 1 is 1.00 bits per heavy atom. The number of alkyl halides is 2. The van der Waals surface area contributed by atoms with E-state index >= 15 is 0 Å². The molecule has 0 radical (unpaired) electrons. The Hall–Kier alpha value is -1.53. The molecule has 0 aliphatic heterocycles. The average molecular weight is 229 g/mol. The molecule has 0 amide bonds. The van der Waals surface area contributed by atoms with Crippen LogP contribution in [-0.2, 0) is 0 Å². The maximum atomic E-state index is 12.9. The maximum Gasteiger partial charge on any atom is 0.248 e. The van der Waals surface area contributed by atoms with Gasteiger partial charge in [-0.2, -0.15) is 15.0 Å². The molecule has 1 aliphatic rings. The topological polar surface area (TPSA) is 90.7 Å². The highest BCUT2D eigenvalue weighted by Gasteiger charge is 2.36. The molecule has 7 heteroatoms. The van der Waals surface area contributed by atoms with Crippen molar-refractivity contribution in [3.05, 3.63) is 5.82 Å². The second-order valence-corrected chi connectivity index (χ2v) is 4.04. The van der Waals surface area contributed by atoms with E-state index in [9.17, 15) is 8.78 Å². The van der Waals surface area contributed by atoms with Crippen LogP contribution < -0.4 is 11.5 Å². The summed E-state index contributed by atoms with van der Waals surface area (Å²) in [5.74, 6) is -2.13. The SMILES string of the molecule is Nc1nc(N)nc(C2CCC(F)(F)CC2)n1. The summed E-state index contributed by atoms with van der Waals surface area (Å²) in [5.41, 5.74) is 10.9. The summed E-state index contributed by atoms with van der Waals surface area (Å²) in [6.45, 7) is 0. The number of halogens is 2. The van der Waals surface area contributed by atoms with E-state index in [1.807, 2.05) is 0 Å². The molecule has 1 heterocycles. The van der Waals surface area contributed by atoms with Gasteiger partial charge in [-0.15, -0.1) is 0 Å². The van der Waals surface area contributed by atoms with E-state index in [1.165, 1.54) is 0 Å². The molecule has 16 heavy (non-hydrogen) atoms. The molecule has 2 rings (SSSR count). The lowest BCUT2D eigenvalue weighted by atomic mass is 9.86. The highest BCUT2D eigenvalue weighted by molar-refractivity contribution is 5.27. The van der Waals surface area contributed by atoms with E-state index in [0.717, 1.165) is 0 Å². The van der Waals surface area contributed by atoms with Gasteiger partial charge in [-0.1, -0.05) is 0 Å². The fourth-order valence-electron chi connectivity index (χ4n) is 1.91. The van der Waals surface area contributed by atoms with Crippen molar-refractivity contribution >= 4 is 11.9 Å². The zero-order valence-electron chi connectivity index (χ0n) is 8.66. The van der Waals surface area contributed by atoms with Gasteiger partial charge in [-0.05, 0) is 12.8 Å². The minimum absolute atomic E-state index is 0.0415. The third-order valence-corrected chi connectivity index (χ3v) is 2.77. The van der Waals surface area contributed by atoms with Crippen LogP contribution in [0.2, 0.25) is 0 Å². The van der Waals surface area contributed by atoms with Crippen LogP contribution in [0.25, 0.3) is 0 Å². The quantitative estimate of drug-likeness (QED) is 0.758. The van der Waals surface area contributed by atoms with Crippen LogP contribution in [0.1, 0.15) is 37.4 Å². The Kier molecular flexibility index (Phi) is 2.61. The van der Waals surface area contributed by atoms with Crippen molar-refractivity contribution in [1.82, 2.24) is 15.0 Å². The molecule has 0 unspecified atom stereocenters. The van der Waals surface area contributed by atoms with Gasteiger partial charge in [0, 0.05) is 18.8 Å². The number of rotatable bonds is 1. The Bertz CT molecular complexity index is 365. The molecular weight excluding hydrogens is 216 g/mol. The maximum absolute atomic E-state index is 12.9. The van der Waals surface area contributed by atoms with Crippen LogP contribution in [0.15, 0.2) is 0 Å². The van der Waals surface area contributed by atoms with Crippen molar-refractivity contribution in [3.63, 3.8) is 0 Å². The van der Waals surface area contributed by atoms with Crippen LogP contribution >= 0.6 is 0 Å².